The van der Waals surface area contributed by atoms with Crippen LogP contribution >= 0.6 is 0 Å². The first-order valence-electron chi connectivity index (χ1n) is 2.01. The molecule has 0 bridgehead atoms. The van der Waals surface area contributed by atoms with E-state index >= 15 is 0 Å². The van der Waals surface area contributed by atoms with Crippen molar-refractivity contribution in [1.29, 1.82) is 0 Å². The molecule has 0 aromatic rings. The summed E-state index contributed by atoms with van der Waals surface area (Å²) in [4.78, 5) is 0. The topological polar surface area (TPSA) is 50.4 Å². The average Bonchev–Trinajstić information content (AvgIpc) is 1.69. The molecule has 0 saturated carbocycles. The second-order valence-electron chi connectivity index (χ2n) is 0.907. The molecular weight excluding hydrogens is 90.1 g/mol. The number of hydrogen-bond acceptors (Lipinski definition) is 2. The van der Waals surface area contributed by atoms with Crippen LogP contribution in [-0.2, 0) is 0 Å². The fourth-order valence-corrected chi connectivity index (χ4v) is 0.161. The van der Waals surface area contributed by atoms with Crippen molar-refractivity contribution in [2.24, 2.45) is 10.8 Å². The van der Waals surface area contributed by atoms with Gasteiger partial charge in [-0.2, -0.15) is 5.10 Å². The van der Waals surface area contributed by atoms with Crippen molar-refractivity contribution in [3.05, 3.63) is 12.3 Å². The highest BCUT2D eigenvalue weighted by Crippen LogP contribution is 1.58. The van der Waals surface area contributed by atoms with E-state index in [1.807, 2.05) is 13.0 Å². The summed E-state index contributed by atoms with van der Waals surface area (Å²) < 4.78 is 0. The number of hydrogen-bond donors (Lipinski definition) is 2. The van der Waals surface area contributed by atoms with Crippen molar-refractivity contribution in [3.63, 3.8) is 0 Å². The molecular formula is C4H9N3. The van der Waals surface area contributed by atoms with Crippen LogP contribution in [0.2, 0.25) is 0 Å². The SMILES string of the molecule is C/C=C\N/N=C\N. The van der Waals surface area contributed by atoms with Crippen LogP contribution in [0.25, 0.3) is 0 Å². The van der Waals surface area contributed by atoms with Crippen molar-refractivity contribution in [3.8, 4) is 0 Å². The number of nitrogens with two attached hydrogens (primary N) is 1. The Hall–Kier alpha value is -0.990. The lowest BCUT2D eigenvalue weighted by atomic mass is 10.7. The van der Waals surface area contributed by atoms with Crippen molar-refractivity contribution in [1.82, 2.24) is 5.43 Å². The van der Waals surface area contributed by atoms with E-state index in [1.165, 1.54) is 6.34 Å². The summed E-state index contributed by atoms with van der Waals surface area (Å²) in [5.74, 6) is 0. The third-order valence-electron chi connectivity index (χ3n) is 0.390. The Kier molecular flexibility index (Phi) is 4.30. The summed E-state index contributed by atoms with van der Waals surface area (Å²) in [5.41, 5.74) is 7.43. The minimum Gasteiger partial charge on any atom is -0.388 e. The van der Waals surface area contributed by atoms with Gasteiger partial charge in [-0.25, -0.2) is 0 Å². The van der Waals surface area contributed by atoms with Gasteiger partial charge >= 0.3 is 0 Å². The molecule has 0 aliphatic carbocycles. The van der Waals surface area contributed by atoms with Crippen LogP contribution in [-0.4, -0.2) is 6.34 Å². The summed E-state index contributed by atoms with van der Waals surface area (Å²) >= 11 is 0. The van der Waals surface area contributed by atoms with Gasteiger partial charge < -0.3 is 5.73 Å². The largest absolute Gasteiger partial charge is 0.388 e. The van der Waals surface area contributed by atoms with E-state index in [1.54, 1.807) is 6.20 Å². The highest BCUT2D eigenvalue weighted by atomic mass is 15.3. The molecule has 0 fully saturated rings. The van der Waals surface area contributed by atoms with E-state index in [-0.39, 0.29) is 0 Å². The smallest absolute Gasteiger partial charge is 0.106 e. The molecule has 0 atom stereocenters. The zero-order chi connectivity index (χ0) is 5.54. The lowest BCUT2D eigenvalue weighted by molar-refractivity contribution is 0.969. The predicted octanol–water partition coefficient (Wildman–Crippen LogP) is 0.0116. The van der Waals surface area contributed by atoms with Gasteiger partial charge in [-0.15, -0.1) is 0 Å². The summed E-state index contributed by atoms with van der Waals surface area (Å²) in [7, 11) is 0. The summed E-state index contributed by atoms with van der Waals surface area (Å²) in [6, 6.07) is 0. The molecule has 0 rings (SSSR count). The van der Waals surface area contributed by atoms with Crippen molar-refractivity contribution >= 4 is 6.34 Å². The minimum atomic E-state index is 1.19. The van der Waals surface area contributed by atoms with Gasteiger partial charge in [0.1, 0.15) is 6.34 Å². The molecule has 0 amide bonds. The lowest BCUT2D eigenvalue weighted by Crippen LogP contribution is -1.97. The van der Waals surface area contributed by atoms with Crippen LogP contribution in [0.3, 0.4) is 0 Å². The molecule has 0 aromatic carbocycles. The number of rotatable bonds is 2. The monoisotopic (exact) mass is 99.1 g/mol. The second kappa shape index (κ2) is 5.01. The summed E-state index contributed by atoms with van der Waals surface area (Å²) in [6.45, 7) is 1.89. The molecule has 0 saturated heterocycles. The normalized spacial score (nSPS) is 11.0. The van der Waals surface area contributed by atoms with E-state index < -0.39 is 0 Å². The van der Waals surface area contributed by atoms with Crippen LogP contribution in [0.5, 0.6) is 0 Å². The van der Waals surface area contributed by atoms with Gasteiger partial charge in [0.15, 0.2) is 0 Å². The molecule has 0 unspecified atom stereocenters. The zero-order valence-electron chi connectivity index (χ0n) is 4.26. The lowest BCUT2D eigenvalue weighted by Gasteiger charge is -1.81. The highest BCUT2D eigenvalue weighted by Gasteiger charge is 1.55. The van der Waals surface area contributed by atoms with Crippen LogP contribution in [0, 0.1) is 0 Å². The van der Waals surface area contributed by atoms with E-state index in [0.29, 0.717) is 0 Å². The zero-order valence-corrected chi connectivity index (χ0v) is 4.26. The Labute approximate surface area is 42.9 Å². The molecule has 0 aliphatic rings. The molecule has 7 heavy (non-hydrogen) atoms. The van der Waals surface area contributed by atoms with Crippen molar-refractivity contribution in [2.75, 3.05) is 0 Å². The maximum Gasteiger partial charge on any atom is 0.106 e. The number of nitrogens with zero attached hydrogens (tertiary/aromatic N) is 1. The van der Waals surface area contributed by atoms with Crippen LogP contribution in [0.15, 0.2) is 17.4 Å². The van der Waals surface area contributed by atoms with Gasteiger partial charge in [-0.3, -0.25) is 5.43 Å². The van der Waals surface area contributed by atoms with Gasteiger partial charge in [0.2, 0.25) is 0 Å². The Bertz CT molecular complexity index is 65.0. The van der Waals surface area contributed by atoms with Gasteiger partial charge in [-0.05, 0) is 6.92 Å². The van der Waals surface area contributed by atoms with Gasteiger partial charge in [0.25, 0.3) is 0 Å². The number of nitrogens with one attached hydrogen (secondary N) is 1. The fourth-order valence-electron chi connectivity index (χ4n) is 0.161. The van der Waals surface area contributed by atoms with Gasteiger partial charge in [0.05, 0.1) is 0 Å². The van der Waals surface area contributed by atoms with Crippen LogP contribution < -0.4 is 11.2 Å². The molecule has 0 aromatic heterocycles. The van der Waals surface area contributed by atoms with Crippen LogP contribution in [0.1, 0.15) is 6.92 Å². The molecule has 3 heteroatoms. The van der Waals surface area contributed by atoms with E-state index in [2.05, 4.69) is 10.5 Å². The predicted molar refractivity (Wildman–Crippen MR) is 30.6 cm³/mol. The second-order valence-corrected chi connectivity index (χ2v) is 0.907. The van der Waals surface area contributed by atoms with Crippen molar-refractivity contribution < 1.29 is 0 Å². The van der Waals surface area contributed by atoms with E-state index in [9.17, 15) is 0 Å². The van der Waals surface area contributed by atoms with E-state index in [4.69, 9.17) is 5.73 Å². The van der Waals surface area contributed by atoms with E-state index in [0.717, 1.165) is 0 Å². The maximum absolute atomic E-state index is 4.88. The fraction of sp³-hybridized carbons (Fsp3) is 0.250. The van der Waals surface area contributed by atoms with Gasteiger partial charge in [0, 0.05) is 6.20 Å². The number of allylic oxidation sites excluding steroid dienone is 1. The van der Waals surface area contributed by atoms with Crippen molar-refractivity contribution in [2.45, 2.75) is 6.92 Å². The first-order valence-corrected chi connectivity index (χ1v) is 2.01. The summed E-state index contributed by atoms with van der Waals surface area (Å²) in [5, 5.41) is 3.48. The first kappa shape index (κ1) is 6.01. The Balaban J connectivity index is 2.98. The Morgan fingerprint density at radius 3 is 2.86 bits per heavy atom. The minimum absolute atomic E-state index is 1.19. The maximum atomic E-state index is 4.88. The Morgan fingerprint density at radius 2 is 2.43 bits per heavy atom. The average molecular weight is 99.1 g/mol. The molecule has 3 N–H and O–H groups in total. The number of hydrazone groups is 1. The third-order valence-corrected chi connectivity index (χ3v) is 0.390. The molecule has 0 spiro atoms. The quantitative estimate of drug-likeness (QED) is 0.291. The standard InChI is InChI=1S/C4H9N3/c1-2-3-6-7-4-5/h2-4,6H,1H3,(H2,5,7)/b3-2-. The van der Waals surface area contributed by atoms with Crippen LogP contribution in [0.4, 0.5) is 0 Å². The summed E-state index contributed by atoms with van der Waals surface area (Å²) in [6.07, 6.45) is 4.70. The molecule has 40 valence electrons. The molecule has 3 nitrogen and oxygen atoms in total. The third kappa shape index (κ3) is 5.01. The molecule has 0 aliphatic heterocycles. The first-order chi connectivity index (χ1) is 3.41. The van der Waals surface area contributed by atoms with Gasteiger partial charge in [-0.1, -0.05) is 6.08 Å². The highest BCUT2D eigenvalue weighted by molar-refractivity contribution is 5.50. The molecule has 0 heterocycles. The Morgan fingerprint density at radius 1 is 1.71 bits per heavy atom. The molecule has 0 radical (unpaired) electrons.